The molecular weight excluding hydrogens is 607 g/mol. The fourth-order valence-corrected chi connectivity index (χ4v) is 7.63. The number of benzene rings is 7. The fourth-order valence-electron chi connectivity index (χ4n) is 7.63. The highest BCUT2D eigenvalue weighted by atomic mass is 15.0. The minimum atomic E-state index is 0.971. The number of aromatic nitrogens is 3. The predicted molar refractivity (Wildman–Crippen MR) is 209 cm³/mol. The van der Waals surface area contributed by atoms with Crippen molar-refractivity contribution >= 4 is 43.6 Å². The van der Waals surface area contributed by atoms with E-state index in [2.05, 4.69) is 184 Å². The Balaban J connectivity index is 1.10. The summed E-state index contributed by atoms with van der Waals surface area (Å²) in [5, 5.41) is 4.98. The summed E-state index contributed by atoms with van der Waals surface area (Å²) in [6, 6.07) is 65.5. The molecule has 0 N–H and O–H groups in total. The Morgan fingerprint density at radius 3 is 1.46 bits per heavy atom. The molecule has 0 saturated carbocycles. The second kappa shape index (κ2) is 11.5. The lowest BCUT2D eigenvalue weighted by atomic mass is 10.0. The molecule has 0 radical (unpaired) electrons. The maximum atomic E-state index is 4.60. The molecule has 0 aliphatic carbocycles. The van der Waals surface area contributed by atoms with Crippen LogP contribution in [-0.4, -0.2) is 14.1 Å². The van der Waals surface area contributed by atoms with Crippen LogP contribution >= 0.6 is 0 Å². The van der Waals surface area contributed by atoms with Gasteiger partial charge in [0.1, 0.15) is 0 Å². The molecule has 10 aromatic rings. The number of hydrogen-bond donors (Lipinski definition) is 0. The quantitative estimate of drug-likeness (QED) is 0.184. The monoisotopic (exact) mass is 637 g/mol. The van der Waals surface area contributed by atoms with E-state index in [1.54, 1.807) is 0 Å². The van der Waals surface area contributed by atoms with Crippen molar-refractivity contribution in [3.8, 4) is 44.9 Å². The molecular formula is C47H31N3. The third kappa shape index (κ3) is 4.56. The summed E-state index contributed by atoms with van der Waals surface area (Å²) >= 11 is 0. The van der Waals surface area contributed by atoms with Gasteiger partial charge in [-0.1, -0.05) is 109 Å². The first-order chi connectivity index (χ1) is 24.8. The molecule has 3 heterocycles. The van der Waals surface area contributed by atoms with E-state index in [-0.39, 0.29) is 0 Å². The van der Waals surface area contributed by atoms with Crippen LogP contribution in [0.1, 0.15) is 0 Å². The molecule has 7 aromatic carbocycles. The average molecular weight is 638 g/mol. The normalized spacial score (nSPS) is 11.6. The van der Waals surface area contributed by atoms with Crippen molar-refractivity contribution in [2.75, 3.05) is 0 Å². The van der Waals surface area contributed by atoms with Crippen LogP contribution in [0, 0.1) is 0 Å². The maximum Gasteiger partial charge on any atom is 0.0702 e. The van der Waals surface area contributed by atoms with E-state index >= 15 is 0 Å². The molecule has 3 aromatic heterocycles. The van der Waals surface area contributed by atoms with Gasteiger partial charge in [-0.05, 0) is 95.1 Å². The van der Waals surface area contributed by atoms with Crippen molar-refractivity contribution < 1.29 is 0 Å². The Hall–Kier alpha value is -6.71. The highest BCUT2D eigenvalue weighted by Crippen LogP contribution is 2.38. The lowest BCUT2D eigenvalue weighted by molar-refractivity contribution is 1.18. The van der Waals surface area contributed by atoms with Crippen molar-refractivity contribution in [3.05, 3.63) is 188 Å². The molecule has 10 rings (SSSR count). The van der Waals surface area contributed by atoms with E-state index in [9.17, 15) is 0 Å². The van der Waals surface area contributed by atoms with E-state index in [1.165, 1.54) is 65.9 Å². The van der Waals surface area contributed by atoms with Gasteiger partial charge < -0.3 is 9.13 Å². The lowest BCUT2D eigenvalue weighted by Gasteiger charge is -2.11. The maximum absolute atomic E-state index is 4.60. The van der Waals surface area contributed by atoms with Gasteiger partial charge in [0, 0.05) is 44.7 Å². The van der Waals surface area contributed by atoms with Crippen LogP contribution in [0.4, 0.5) is 0 Å². The molecule has 234 valence electrons. The van der Waals surface area contributed by atoms with Gasteiger partial charge in [0.25, 0.3) is 0 Å². The second-order valence-electron chi connectivity index (χ2n) is 12.8. The Bertz CT molecular complexity index is 2840. The Kier molecular flexibility index (Phi) is 6.49. The van der Waals surface area contributed by atoms with E-state index in [0.717, 1.165) is 22.6 Å². The minimum Gasteiger partial charge on any atom is -0.309 e. The van der Waals surface area contributed by atoms with Crippen LogP contribution < -0.4 is 0 Å². The van der Waals surface area contributed by atoms with Crippen molar-refractivity contribution in [1.29, 1.82) is 0 Å². The third-order valence-electron chi connectivity index (χ3n) is 9.98. The molecule has 0 aliphatic heterocycles. The van der Waals surface area contributed by atoms with Gasteiger partial charge in [0.2, 0.25) is 0 Å². The summed E-state index contributed by atoms with van der Waals surface area (Å²) in [5.41, 5.74) is 14.0. The summed E-state index contributed by atoms with van der Waals surface area (Å²) in [7, 11) is 0. The van der Waals surface area contributed by atoms with E-state index < -0.39 is 0 Å². The van der Waals surface area contributed by atoms with Gasteiger partial charge in [0.05, 0.1) is 27.8 Å². The van der Waals surface area contributed by atoms with Gasteiger partial charge in [-0.3, -0.25) is 4.98 Å². The zero-order valence-corrected chi connectivity index (χ0v) is 27.2. The van der Waals surface area contributed by atoms with E-state index in [1.807, 2.05) is 18.3 Å². The molecule has 0 spiro atoms. The molecule has 3 nitrogen and oxygen atoms in total. The standard InChI is InChI=1S/C47H31N3/c1-2-11-32(12-3-1)33-20-24-37(25-21-33)49-44-18-6-4-15-39(44)41-30-34(22-26-46(41)49)35-23-27-47-42(31-35)40-16-5-7-19-45(40)50(47)38-14-10-13-36(29-38)43-17-8-9-28-48-43/h1-31H. The van der Waals surface area contributed by atoms with Gasteiger partial charge in [0.15, 0.2) is 0 Å². The third-order valence-corrected chi connectivity index (χ3v) is 9.98. The summed E-state index contributed by atoms with van der Waals surface area (Å²) in [6.07, 6.45) is 1.85. The van der Waals surface area contributed by atoms with E-state index in [0.29, 0.717) is 0 Å². The van der Waals surface area contributed by atoms with Gasteiger partial charge >= 0.3 is 0 Å². The zero-order valence-electron chi connectivity index (χ0n) is 27.2. The Labute approximate surface area is 290 Å². The SMILES string of the molecule is c1ccc(-c2ccc(-n3c4ccccc4c4cc(-c5ccc6c(c5)c5ccccc5n6-c5cccc(-c6ccccn6)c5)ccc43)cc2)cc1. The average Bonchev–Trinajstić information content (AvgIpc) is 3.71. The fraction of sp³-hybridized carbons (Fsp3) is 0. The highest BCUT2D eigenvalue weighted by molar-refractivity contribution is 6.12. The summed E-state index contributed by atoms with van der Waals surface area (Å²) in [6.45, 7) is 0. The summed E-state index contributed by atoms with van der Waals surface area (Å²) in [4.78, 5) is 4.60. The first kappa shape index (κ1) is 28.3. The van der Waals surface area contributed by atoms with Crippen molar-refractivity contribution in [1.82, 2.24) is 14.1 Å². The molecule has 0 fully saturated rings. The van der Waals surface area contributed by atoms with Crippen LogP contribution in [0.5, 0.6) is 0 Å². The molecule has 3 heteroatoms. The van der Waals surface area contributed by atoms with Crippen LogP contribution in [0.2, 0.25) is 0 Å². The number of pyridine rings is 1. The van der Waals surface area contributed by atoms with Crippen molar-refractivity contribution in [2.24, 2.45) is 0 Å². The number of nitrogens with zero attached hydrogens (tertiary/aromatic N) is 3. The van der Waals surface area contributed by atoms with Gasteiger partial charge in [-0.15, -0.1) is 0 Å². The topological polar surface area (TPSA) is 22.8 Å². The van der Waals surface area contributed by atoms with Crippen LogP contribution in [0.3, 0.4) is 0 Å². The molecule has 0 bridgehead atoms. The highest BCUT2D eigenvalue weighted by Gasteiger charge is 2.16. The smallest absolute Gasteiger partial charge is 0.0702 e. The van der Waals surface area contributed by atoms with Crippen LogP contribution in [0.25, 0.3) is 88.5 Å². The van der Waals surface area contributed by atoms with E-state index in [4.69, 9.17) is 0 Å². The van der Waals surface area contributed by atoms with Gasteiger partial charge in [-0.25, -0.2) is 0 Å². The largest absolute Gasteiger partial charge is 0.309 e. The molecule has 0 atom stereocenters. The number of fused-ring (bicyclic) bond motifs is 6. The number of rotatable bonds is 5. The Morgan fingerprint density at radius 1 is 0.300 bits per heavy atom. The summed E-state index contributed by atoms with van der Waals surface area (Å²) in [5.74, 6) is 0. The zero-order chi connectivity index (χ0) is 33.0. The Morgan fingerprint density at radius 2 is 0.820 bits per heavy atom. The predicted octanol–water partition coefficient (Wildman–Crippen LogP) is 12.3. The molecule has 0 saturated heterocycles. The lowest BCUT2D eigenvalue weighted by Crippen LogP contribution is -1.94. The summed E-state index contributed by atoms with van der Waals surface area (Å²) < 4.78 is 4.76. The number of para-hydroxylation sites is 2. The number of hydrogen-bond acceptors (Lipinski definition) is 1. The molecule has 50 heavy (non-hydrogen) atoms. The van der Waals surface area contributed by atoms with Crippen LogP contribution in [0.15, 0.2) is 188 Å². The first-order valence-corrected chi connectivity index (χ1v) is 17.0. The minimum absolute atomic E-state index is 0.971. The second-order valence-corrected chi connectivity index (χ2v) is 12.8. The van der Waals surface area contributed by atoms with Crippen molar-refractivity contribution in [3.63, 3.8) is 0 Å². The molecule has 0 unspecified atom stereocenters. The molecule has 0 aliphatic rings. The van der Waals surface area contributed by atoms with Gasteiger partial charge in [-0.2, -0.15) is 0 Å². The molecule has 0 amide bonds. The van der Waals surface area contributed by atoms with Crippen LogP contribution in [-0.2, 0) is 0 Å². The first-order valence-electron chi connectivity index (χ1n) is 17.0. The van der Waals surface area contributed by atoms with Crippen molar-refractivity contribution in [2.45, 2.75) is 0 Å².